The minimum atomic E-state index is -4.27. The molecule has 0 aromatic heterocycles. The summed E-state index contributed by atoms with van der Waals surface area (Å²) < 4.78 is 55.4. The Morgan fingerprint density at radius 1 is 1.23 bits per heavy atom. The zero-order chi connectivity index (χ0) is 22.2. The normalized spacial score (nSPS) is 48.1. The monoisotopic (exact) mass is 464 g/mol. The molecular formula is C22H28F4O2S2. The summed E-state index contributed by atoms with van der Waals surface area (Å²) in [7, 11) is 0. The number of hydrogen-bond donors (Lipinski definition) is 1. The Morgan fingerprint density at radius 3 is 2.57 bits per heavy atom. The fourth-order valence-electron chi connectivity index (χ4n) is 6.99. The number of allylic oxidation sites excluding steroid dienone is 4. The maximum absolute atomic E-state index is 17.0. The molecule has 1 N–H and O–H groups in total. The number of fused-ring (bicyclic) bond motifs is 5. The predicted molar refractivity (Wildman–Crippen MR) is 113 cm³/mol. The summed E-state index contributed by atoms with van der Waals surface area (Å²) in [4.78, 5) is 11.9. The topological polar surface area (TPSA) is 37.3 Å². The van der Waals surface area contributed by atoms with Gasteiger partial charge in [0.15, 0.2) is 11.5 Å². The minimum absolute atomic E-state index is 0.108. The highest BCUT2D eigenvalue weighted by Crippen LogP contribution is 2.73. The van der Waals surface area contributed by atoms with Crippen LogP contribution in [0.4, 0.5) is 17.6 Å². The zero-order valence-corrected chi connectivity index (χ0v) is 19.0. The van der Waals surface area contributed by atoms with Crippen LogP contribution in [0.5, 0.6) is 0 Å². The Kier molecular flexibility index (Phi) is 5.31. The number of hydrogen-bond acceptors (Lipinski definition) is 4. The van der Waals surface area contributed by atoms with E-state index < -0.39 is 44.5 Å². The lowest BCUT2D eigenvalue weighted by atomic mass is 9.46. The van der Waals surface area contributed by atoms with E-state index in [0.29, 0.717) is 25.7 Å². The molecule has 0 aromatic carbocycles. The molecule has 30 heavy (non-hydrogen) atoms. The van der Waals surface area contributed by atoms with Crippen LogP contribution < -0.4 is 0 Å². The standard InChI is InChI=1S/C22H28F4O2S2/c1-18-8-6-14(27)10-13(18)4-5-16-15-7-9-20(29-3,30-12-21(23,24)25)19(15,2)11-17(28)22(16,18)26/h6,8,10,15-17,28H,4-5,7,9,11-12H2,1-3H3/t15-,16-,17-,18-,19-,20-,22?/m0/s1. The predicted octanol–water partition coefficient (Wildman–Crippen LogP) is 5.71. The molecule has 7 atom stereocenters. The molecule has 0 amide bonds. The summed E-state index contributed by atoms with van der Waals surface area (Å²) in [6.45, 7) is 3.72. The van der Waals surface area contributed by atoms with Crippen molar-refractivity contribution in [2.45, 2.75) is 68.0 Å². The van der Waals surface area contributed by atoms with Gasteiger partial charge in [-0.15, -0.1) is 23.5 Å². The zero-order valence-electron chi connectivity index (χ0n) is 17.4. The average Bonchev–Trinajstić information content (AvgIpc) is 2.94. The van der Waals surface area contributed by atoms with Crippen LogP contribution in [0.1, 0.15) is 46.0 Å². The van der Waals surface area contributed by atoms with E-state index in [1.807, 2.05) is 13.2 Å². The van der Waals surface area contributed by atoms with Crippen LogP contribution in [0, 0.1) is 22.7 Å². The van der Waals surface area contributed by atoms with Crippen molar-refractivity contribution in [3.63, 3.8) is 0 Å². The van der Waals surface area contributed by atoms with Gasteiger partial charge in [-0.2, -0.15) is 13.2 Å². The first-order chi connectivity index (χ1) is 13.8. The van der Waals surface area contributed by atoms with Gasteiger partial charge in [-0.05, 0) is 68.8 Å². The third kappa shape index (κ3) is 2.92. The highest BCUT2D eigenvalue weighted by molar-refractivity contribution is 8.18. The number of aliphatic hydroxyl groups excluding tert-OH is 1. The lowest BCUT2D eigenvalue weighted by Crippen LogP contribution is -2.67. The van der Waals surface area contributed by atoms with Crippen LogP contribution in [0.25, 0.3) is 0 Å². The number of rotatable bonds is 3. The highest BCUT2D eigenvalue weighted by atomic mass is 32.2. The van der Waals surface area contributed by atoms with E-state index >= 15 is 4.39 Å². The van der Waals surface area contributed by atoms with Gasteiger partial charge in [0.1, 0.15) is 0 Å². The Hall–Kier alpha value is -0.470. The molecule has 0 bridgehead atoms. The van der Waals surface area contributed by atoms with Crippen molar-refractivity contribution in [3.8, 4) is 0 Å². The van der Waals surface area contributed by atoms with E-state index in [-0.39, 0.29) is 18.1 Å². The van der Waals surface area contributed by atoms with Gasteiger partial charge in [0.05, 0.1) is 15.9 Å². The first kappa shape index (κ1) is 22.7. The Bertz CT molecular complexity index is 811. The van der Waals surface area contributed by atoms with Gasteiger partial charge in [0, 0.05) is 11.3 Å². The quantitative estimate of drug-likeness (QED) is 0.429. The number of aliphatic hydroxyl groups is 1. The Morgan fingerprint density at radius 2 is 1.93 bits per heavy atom. The minimum Gasteiger partial charge on any atom is -0.390 e. The first-order valence-electron chi connectivity index (χ1n) is 10.4. The van der Waals surface area contributed by atoms with Crippen molar-refractivity contribution in [3.05, 3.63) is 23.8 Å². The summed E-state index contributed by atoms with van der Waals surface area (Å²) in [6, 6.07) is 0. The van der Waals surface area contributed by atoms with E-state index in [1.54, 1.807) is 13.0 Å². The maximum Gasteiger partial charge on any atom is 0.397 e. The summed E-state index contributed by atoms with van der Waals surface area (Å²) in [5.41, 5.74) is -2.87. The summed E-state index contributed by atoms with van der Waals surface area (Å²) >= 11 is 2.35. The van der Waals surface area contributed by atoms with Crippen LogP contribution in [-0.4, -0.2) is 44.9 Å². The molecule has 4 aliphatic rings. The van der Waals surface area contributed by atoms with Crippen molar-refractivity contribution >= 4 is 29.3 Å². The van der Waals surface area contributed by atoms with Crippen LogP contribution in [0.3, 0.4) is 0 Å². The van der Waals surface area contributed by atoms with Crippen molar-refractivity contribution in [1.29, 1.82) is 0 Å². The Labute approximate surface area is 183 Å². The molecule has 2 nitrogen and oxygen atoms in total. The molecule has 3 saturated carbocycles. The van der Waals surface area contributed by atoms with E-state index in [1.165, 1.54) is 23.9 Å². The van der Waals surface area contributed by atoms with Crippen LogP contribution >= 0.6 is 23.5 Å². The summed E-state index contributed by atoms with van der Waals surface area (Å²) in [5.74, 6) is -1.66. The Balaban J connectivity index is 1.73. The molecule has 0 saturated heterocycles. The molecule has 0 spiro atoms. The van der Waals surface area contributed by atoms with Gasteiger partial charge < -0.3 is 5.11 Å². The molecule has 3 fully saturated rings. The average molecular weight is 465 g/mol. The van der Waals surface area contributed by atoms with Crippen LogP contribution in [0.2, 0.25) is 0 Å². The van der Waals surface area contributed by atoms with Crippen molar-refractivity contribution in [1.82, 2.24) is 0 Å². The van der Waals surface area contributed by atoms with Crippen molar-refractivity contribution < 1.29 is 27.5 Å². The second kappa shape index (κ2) is 7.01. The number of thioether (sulfide) groups is 2. The van der Waals surface area contributed by atoms with Gasteiger partial charge in [-0.3, -0.25) is 4.79 Å². The van der Waals surface area contributed by atoms with E-state index in [4.69, 9.17) is 0 Å². The number of halogens is 4. The smallest absolute Gasteiger partial charge is 0.390 e. The number of ketones is 1. The van der Waals surface area contributed by atoms with Crippen molar-refractivity contribution in [2.24, 2.45) is 22.7 Å². The molecule has 0 aromatic rings. The molecule has 0 heterocycles. The molecule has 4 aliphatic carbocycles. The fourth-order valence-corrected chi connectivity index (χ4v) is 9.88. The van der Waals surface area contributed by atoms with Gasteiger partial charge in [-0.25, -0.2) is 4.39 Å². The molecule has 8 heteroatoms. The molecule has 168 valence electrons. The highest BCUT2D eigenvalue weighted by Gasteiger charge is 2.73. The fraction of sp³-hybridized carbons (Fsp3) is 0.773. The van der Waals surface area contributed by atoms with Gasteiger partial charge in [0.25, 0.3) is 0 Å². The van der Waals surface area contributed by atoms with Crippen molar-refractivity contribution in [2.75, 3.05) is 12.0 Å². The third-order valence-electron chi connectivity index (χ3n) is 8.48. The lowest BCUT2D eigenvalue weighted by Gasteiger charge is -2.63. The second-order valence-corrected chi connectivity index (χ2v) is 12.3. The molecule has 0 radical (unpaired) electrons. The van der Waals surface area contributed by atoms with Gasteiger partial charge in [0.2, 0.25) is 0 Å². The largest absolute Gasteiger partial charge is 0.397 e. The van der Waals surface area contributed by atoms with Crippen LogP contribution in [0.15, 0.2) is 23.8 Å². The van der Waals surface area contributed by atoms with Gasteiger partial charge in [-0.1, -0.05) is 18.6 Å². The van der Waals surface area contributed by atoms with E-state index in [0.717, 1.165) is 17.3 Å². The maximum atomic E-state index is 17.0. The number of carbonyl (C=O) groups is 1. The molecule has 1 unspecified atom stereocenters. The number of alkyl halides is 4. The lowest BCUT2D eigenvalue weighted by molar-refractivity contribution is -0.189. The summed E-state index contributed by atoms with van der Waals surface area (Å²) in [5, 5.41) is 11.2. The third-order valence-corrected chi connectivity index (χ3v) is 12.3. The van der Waals surface area contributed by atoms with Crippen LogP contribution in [-0.2, 0) is 4.79 Å². The SMILES string of the molecule is CS[C@]1(SCC(F)(F)F)CC[C@H]2[C@@H]3CCC4=CC(=O)C=C[C@]4(C)C3(F)[C@@H](O)C[C@@]21C. The number of carbonyl (C=O) groups excluding carboxylic acids is 1. The summed E-state index contributed by atoms with van der Waals surface area (Å²) in [6.07, 6.45) is 3.19. The van der Waals surface area contributed by atoms with E-state index in [9.17, 15) is 23.1 Å². The molecule has 0 aliphatic heterocycles. The first-order valence-corrected chi connectivity index (χ1v) is 12.6. The van der Waals surface area contributed by atoms with E-state index in [2.05, 4.69) is 0 Å². The molecular weight excluding hydrogens is 436 g/mol. The van der Waals surface area contributed by atoms with Gasteiger partial charge >= 0.3 is 6.18 Å². The second-order valence-electron chi connectivity index (χ2n) is 9.66. The molecule has 4 rings (SSSR count).